The highest BCUT2D eigenvalue weighted by atomic mass is 15.2. The summed E-state index contributed by atoms with van der Waals surface area (Å²) in [4.78, 5) is 10.8. The summed E-state index contributed by atoms with van der Waals surface area (Å²) in [6.07, 6.45) is 3.08. The summed E-state index contributed by atoms with van der Waals surface area (Å²) in [7, 11) is 2.06. The van der Waals surface area contributed by atoms with Crippen LogP contribution in [0.5, 0.6) is 0 Å². The van der Waals surface area contributed by atoms with Crippen LogP contribution < -0.4 is 10.2 Å². The average Bonchev–Trinajstić information content (AvgIpc) is 2.70. The first-order valence-electron chi connectivity index (χ1n) is 5.47. The lowest BCUT2D eigenvalue weighted by Gasteiger charge is -2.20. The highest BCUT2D eigenvalue weighted by Crippen LogP contribution is 2.12. The zero-order valence-corrected chi connectivity index (χ0v) is 9.40. The average molecular weight is 206 g/mol. The predicted molar refractivity (Wildman–Crippen MR) is 61.0 cm³/mol. The van der Waals surface area contributed by atoms with E-state index >= 15 is 0 Å². The molecule has 0 spiro atoms. The summed E-state index contributed by atoms with van der Waals surface area (Å²) >= 11 is 0. The molecule has 1 saturated heterocycles. The fourth-order valence-electron chi connectivity index (χ4n) is 1.96. The van der Waals surface area contributed by atoms with Crippen LogP contribution in [0, 0.1) is 12.8 Å². The molecule has 1 aliphatic heterocycles. The van der Waals surface area contributed by atoms with Crippen molar-refractivity contribution in [2.45, 2.75) is 13.3 Å². The van der Waals surface area contributed by atoms with Crippen molar-refractivity contribution in [3.8, 4) is 0 Å². The minimum absolute atomic E-state index is 0.735. The molecule has 1 unspecified atom stereocenters. The molecule has 1 aromatic rings. The number of aromatic nitrogens is 2. The van der Waals surface area contributed by atoms with E-state index in [1.165, 1.54) is 6.42 Å². The fourth-order valence-corrected chi connectivity index (χ4v) is 1.96. The van der Waals surface area contributed by atoms with Gasteiger partial charge in [0.25, 0.3) is 0 Å². The number of rotatable bonds is 3. The van der Waals surface area contributed by atoms with Crippen molar-refractivity contribution in [2.24, 2.45) is 5.92 Å². The van der Waals surface area contributed by atoms with Gasteiger partial charge < -0.3 is 10.2 Å². The Kier molecular flexibility index (Phi) is 3.16. The second kappa shape index (κ2) is 4.57. The van der Waals surface area contributed by atoms with Gasteiger partial charge in [-0.25, -0.2) is 9.97 Å². The van der Waals surface area contributed by atoms with Crippen molar-refractivity contribution in [1.82, 2.24) is 15.3 Å². The molecule has 4 heteroatoms. The minimum Gasteiger partial charge on any atom is -0.344 e. The molecule has 1 atom stereocenters. The molecule has 1 fully saturated rings. The third-order valence-corrected chi connectivity index (χ3v) is 2.82. The topological polar surface area (TPSA) is 41.1 Å². The molecule has 0 amide bonds. The lowest BCUT2D eigenvalue weighted by atomic mass is 10.1. The Morgan fingerprint density at radius 1 is 1.60 bits per heavy atom. The Hall–Kier alpha value is -1.16. The van der Waals surface area contributed by atoms with Gasteiger partial charge in [0.05, 0.1) is 0 Å². The molecular weight excluding hydrogens is 188 g/mol. The first kappa shape index (κ1) is 10.4. The normalized spacial score (nSPS) is 20.5. The molecule has 82 valence electrons. The van der Waals surface area contributed by atoms with Crippen LogP contribution in [0.25, 0.3) is 0 Å². The molecule has 0 aromatic carbocycles. The van der Waals surface area contributed by atoms with E-state index in [0.717, 1.165) is 37.2 Å². The molecule has 4 nitrogen and oxygen atoms in total. The smallest absolute Gasteiger partial charge is 0.225 e. The van der Waals surface area contributed by atoms with Gasteiger partial charge in [-0.1, -0.05) is 0 Å². The van der Waals surface area contributed by atoms with Gasteiger partial charge in [0.15, 0.2) is 0 Å². The number of nitrogens with zero attached hydrogens (tertiary/aromatic N) is 3. The van der Waals surface area contributed by atoms with Crippen LogP contribution in [0.2, 0.25) is 0 Å². The summed E-state index contributed by atoms with van der Waals surface area (Å²) in [5.41, 5.74) is 1.02. The van der Waals surface area contributed by atoms with Gasteiger partial charge in [0, 0.05) is 25.5 Å². The lowest BCUT2D eigenvalue weighted by Crippen LogP contribution is -2.28. The first-order valence-corrected chi connectivity index (χ1v) is 5.47. The van der Waals surface area contributed by atoms with Crippen LogP contribution >= 0.6 is 0 Å². The summed E-state index contributed by atoms with van der Waals surface area (Å²) in [5.74, 6) is 1.57. The van der Waals surface area contributed by atoms with Crippen LogP contribution in [0.1, 0.15) is 12.1 Å². The van der Waals surface area contributed by atoms with Gasteiger partial charge in [0.1, 0.15) is 0 Å². The van der Waals surface area contributed by atoms with Gasteiger partial charge in [-0.3, -0.25) is 0 Å². The SMILES string of the molecule is Cc1ccnc(N(C)CC2CCNC2)n1. The number of hydrogen-bond acceptors (Lipinski definition) is 4. The molecule has 2 heterocycles. The summed E-state index contributed by atoms with van der Waals surface area (Å²) < 4.78 is 0. The quantitative estimate of drug-likeness (QED) is 0.795. The highest BCUT2D eigenvalue weighted by Gasteiger charge is 2.17. The molecule has 0 saturated carbocycles. The van der Waals surface area contributed by atoms with Gasteiger partial charge in [-0.05, 0) is 38.4 Å². The Labute approximate surface area is 90.7 Å². The van der Waals surface area contributed by atoms with Crippen LogP contribution in [-0.2, 0) is 0 Å². The predicted octanol–water partition coefficient (Wildman–Crippen LogP) is 0.831. The van der Waals surface area contributed by atoms with E-state index in [2.05, 4.69) is 27.2 Å². The molecule has 1 aromatic heterocycles. The maximum Gasteiger partial charge on any atom is 0.225 e. The molecular formula is C11H18N4. The van der Waals surface area contributed by atoms with Crippen molar-refractivity contribution in [3.63, 3.8) is 0 Å². The maximum absolute atomic E-state index is 4.41. The van der Waals surface area contributed by atoms with Crippen LogP contribution in [-0.4, -0.2) is 36.6 Å². The van der Waals surface area contributed by atoms with Crippen molar-refractivity contribution in [1.29, 1.82) is 0 Å². The number of nitrogens with one attached hydrogen (secondary N) is 1. The molecule has 0 aliphatic carbocycles. The van der Waals surface area contributed by atoms with E-state index < -0.39 is 0 Å². The third-order valence-electron chi connectivity index (χ3n) is 2.82. The van der Waals surface area contributed by atoms with Crippen molar-refractivity contribution >= 4 is 5.95 Å². The van der Waals surface area contributed by atoms with Crippen molar-refractivity contribution < 1.29 is 0 Å². The van der Waals surface area contributed by atoms with Crippen LogP contribution in [0.15, 0.2) is 12.3 Å². The van der Waals surface area contributed by atoms with E-state index in [0.29, 0.717) is 0 Å². The van der Waals surface area contributed by atoms with E-state index in [1.807, 2.05) is 19.2 Å². The van der Waals surface area contributed by atoms with Crippen molar-refractivity contribution in [2.75, 3.05) is 31.6 Å². The maximum atomic E-state index is 4.41. The van der Waals surface area contributed by atoms with E-state index in [4.69, 9.17) is 0 Å². The standard InChI is InChI=1S/C11H18N4/c1-9-3-6-13-11(14-9)15(2)8-10-4-5-12-7-10/h3,6,10,12H,4-5,7-8H2,1-2H3. The highest BCUT2D eigenvalue weighted by molar-refractivity contribution is 5.28. The Balaban J connectivity index is 1.97. The number of aryl methyl sites for hydroxylation is 1. The second-order valence-corrected chi connectivity index (χ2v) is 4.24. The number of hydrogen-bond donors (Lipinski definition) is 1. The Morgan fingerprint density at radius 3 is 3.13 bits per heavy atom. The fraction of sp³-hybridized carbons (Fsp3) is 0.636. The van der Waals surface area contributed by atoms with Crippen LogP contribution in [0.4, 0.5) is 5.95 Å². The molecule has 0 radical (unpaired) electrons. The Morgan fingerprint density at radius 2 is 2.47 bits per heavy atom. The van der Waals surface area contributed by atoms with Crippen molar-refractivity contribution in [3.05, 3.63) is 18.0 Å². The van der Waals surface area contributed by atoms with E-state index in [1.54, 1.807) is 0 Å². The van der Waals surface area contributed by atoms with Gasteiger partial charge in [0.2, 0.25) is 5.95 Å². The Bertz CT molecular complexity index is 320. The molecule has 0 bridgehead atoms. The van der Waals surface area contributed by atoms with Gasteiger partial charge in [-0.2, -0.15) is 0 Å². The molecule has 1 N–H and O–H groups in total. The monoisotopic (exact) mass is 206 g/mol. The first-order chi connectivity index (χ1) is 7.25. The lowest BCUT2D eigenvalue weighted by molar-refractivity contribution is 0.572. The van der Waals surface area contributed by atoms with Gasteiger partial charge >= 0.3 is 0 Å². The second-order valence-electron chi connectivity index (χ2n) is 4.24. The van der Waals surface area contributed by atoms with Crippen LogP contribution in [0.3, 0.4) is 0 Å². The summed E-state index contributed by atoms with van der Waals surface area (Å²) in [6.45, 7) is 5.30. The summed E-state index contributed by atoms with van der Waals surface area (Å²) in [6, 6.07) is 1.93. The molecule has 15 heavy (non-hydrogen) atoms. The zero-order chi connectivity index (χ0) is 10.7. The van der Waals surface area contributed by atoms with Gasteiger partial charge in [-0.15, -0.1) is 0 Å². The third kappa shape index (κ3) is 2.65. The zero-order valence-electron chi connectivity index (χ0n) is 9.40. The van der Waals surface area contributed by atoms with E-state index in [9.17, 15) is 0 Å². The minimum atomic E-state index is 0.735. The molecule has 2 rings (SSSR count). The number of anilines is 1. The largest absolute Gasteiger partial charge is 0.344 e. The summed E-state index contributed by atoms with van der Waals surface area (Å²) in [5, 5.41) is 3.37. The molecule has 1 aliphatic rings. The van der Waals surface area contributed by atoms with E-state index in [-0.39, 0.29) is 0 Å².